The van der Waals surface area contributed by atoms with Gasteiger partial charge in [0, 0.05) is 29.8 Å². The van der Waals surface area contributed by atoms with Gasteiger partial charge in [0.15, 0.2) is 5.82 Å². The lowest BCUT2D eigenvalue weighted by Gasteiger charge is -2.13. The van der Waals surface area contributed by atoms with Crippen LogP contribution >= 0.6 is 0 Å². The number of unbranched alkanes of at least 4 members (excludes halogenated alkanes) is 1. The molecule has 0 spiro atoms. The molecule has 4 rings (SSSR count). The number of ether oxygens (including phenoxy) is 2. The van der Waals surface area contributed by atoms with Gasteiger partial charge in [0.25, 0.3) is 0 Å². The van der Waals surface area contributed by atoms with E-state index in [1.54, 1.807) is 7.11 Å². The Morgan fingerprint density at radius 2 is 1.71 bits per heavy atom. The van der Waals surface area contributed by atoms with Crippen molar-refractivity contribution in [3.8, 4) is 22.9 Å². The molecule has 3 aromatic carbocycles. The van der Waals surface area contributed by atoms with Crippen molar-refractivity contribution in [2.45, 2.75) is 25.9 Å². The first-order chi connectivity index (χ1) is 18.3. The second kappa shape index (κ2) is 12.7. The summed E-state index contributed by atoms with van der Waals surface area (Å²) in [5, 5.41) is 3.97. The smallest absolute Gasteiger partial charge is 0.162 e. The molecule has 200 valence electrons. The molecule has 0 bridgehead atoms. The van der Waals surface area contributed by atoms with E-state index < -0.39 is 9.84 Å². The number of nitrogens with two attached hydrogens (primary N) is 1. The zero-order valence-electron chi connectivity index (χ0n) is 21.8. The Bertz CT molecular complexity index is 1460. The fraction of sp³-hybridized carbons (Fsp3) is 0.310. The van der Waals surface area contributed by atoms with Crippen LogP contribution in [0, 0.1) is 0 Å². The molecule has 0 atom stereocenters. The van der Waals surface area contributed by atoms with Crippen LogP contribution < -0.4 is 20.5 Å². The number of nitrogens with zero attached hydrogens (tertiary/aromatic N) is 2. The maximum absolute atomic E-state index is 11.2. The molecule has 0 aliphatic rings. The first-order valence-electron chi connectivity index (χ1n) is 12.6. The molecule has 0 amide bonds. The Hall–Kier alpha value is -3.69. The Labute approximate surface area is 224 Å². The van der Waals surface area contributed by atoms with E-state index >= 15 is 0 Å². The van der Waals surface area contributed by atoms with E-state index in [1.807, 2.05) is 66.7 Å². The van der Waals surface area contributed by atoms with Crippen molar-refractivity contribution in [1.29, 1.82) is 0 Å². The molecule has 0 aliphatic carbocycles. The van der Waals surface area contributed by atoms with E-state index in [4.69, 9.17) is 20.2 Å². The number of benzene rings is 3. The summed E-state index contributed by atoms with van der Waals surface area (Å²) >= 11 is 0. The highest BCUT2D eigenvalue weighted by Gasteiger charge is 2.13. The van der Waals surface area contributed by atoms with Crippen LogP contribution in [0.5, 0.6) is 11.5 Å². The second-order valence-corrected chi connectivity index (χ2v) is 11.5. The van der Waals surface area contributed by atoms with Crippen LogP contribution in [0.15, 0.2) is 66.7 Å². The number of anilines is 1. The zero-order chi connectivity index (χ0) is 27.0. The Morgan fingerprint density at radius 1 is 0.947 bits per heavy atom. The molecule has 0 fully saturated rings. The van der Waals surface area contributed by atoms with Crippen molar-refractivity contribution in [2.24, 2.45) is 0 Å². The minimum Gasteiger partial charge on any atom is -0.496 e. The van der Waals surface area contributed by atoms with Gasteiger partial charge in [-0.3, -0.25) is 0 Å². The van der Waals surface area contributed by atoms with Crippen molar-refractivity contribution in [1.82, 2.24) is 15.3 Å². The zero-order valence-corrected chi connectivity index (χ0v) is 22.6. The molecule has 0 unspecified atom stereocenters. The highest BCUT2D eigenvalue weighted by atomic mass is 32.2. The van der Waals surface area contributed by atoms with Gasteiger partial charge in [0.1, 0.15) is 33.8 Å². The fourth-order valence-electron chi connectivity index (χ4n) is 4.13. The first-order valence-corrected chi connectivity index (χ1v) is 14.7. The molecular formula is C29H34N4O4S. The third-order valence-corrected chi connectivity index (χ3v) is 7.13. The lowest BCUT2D eigenvalue weighted by molar-refractivity contribution is 0.306. The van der Waals surface area contributed by atoms with Crippen LogP contribution in [-0.4, -0.2) is 50.6 Å². The van der Waals surface area contributed by atoms with Crippen LogP contribution in [0.1, 0.15) is 24.0 Å². The number of methoxy groups -OCH3 is 1. The van der Waals surface area contributed by atoms with Crippen molar-refractivity contribution in [2.75, 3.05) is 37.9 Å². The average Bonchev–Trinajstić information content (AvgIpc) is 2.91. The number of hydrogen-bond donors (Lipinski definition) is 2. The highest BCUT2D eigenvalue weighted by Crippen LogP contribution is 2.31. The number of sulfone groups is 1. The second-order valence-electron chi connectivity index (χ2n) is 9.25. The third-order valence-electron chi connectivity index (χ3n) is 6.19. The predicted molar refractivity (Wildman–Crippen MR) is 152 cm³/mol. The summed E-state index contributed by atoms with van der Waals surface area (Å²) in [5.41, 5.74) is 10.1. The van der Waals surface area contributed by atoms with E-state index in [-0.39, 0.29) is 5.75 Å². The van der Waals surface area contributed by atoms with Gasteiger partial charge in [-0.2, -0.15) is 0 Å². The molecule has 1 aromatic heterocycles. The Balaban J connectivity index is 1.41. The lowest BCUT2D eigenvalue weighted by Crippen LogP contribution is -2.23. The molecule has 3 N–H and O–H groups in total. The molecule has 1 heterocycles. The van der Waals surface area contributed by atoms with Gasteiger partial charge >= 0.3 is 0 Å². The van der Waals surface area contributed by atoms with Crippen molar-refractivity contribution in [3.05, 3.63) is 77.9 Å². The van der Waals surface area contributed by atoms with Gasteiger partial charge in [-0.05, 0) is 67.3 Å². The first kappa shape index (κ1) is 27.3. The molecular weight excluding hydrogens is 500 g/mol. The van der Waals surface area contributed by atoms with Crippen LogP contribution in [0.25, 0.3) is 22.3 Å². The number of aromatic nitrogens is 2. The normalized spacial score (nSPS) is 11.5. The number of nitrogen functional groups attached to an aromatic ring is 1. The summed E-state index contributed by atoms with van der Waals surface area (Å²) < 4.78 is 34.0. The monoisotopic (exact) mass is 534 g/mol. The summed E-state index contributed by atoms with van der Waals surface area (Å²) in [4.78, 5) is 9.33. The molecule has 9 heteroatoms. The van der Waals surface area contributed by atoms with Gasteiger partial charge in [-0.15, -0.1) is 0 Å². The maximum atomic E-state index is 11.2. The molecule has 0 aliphatic heterocycles. The molecule has 0 radical (unpaired) electrons. The number of hydrogen-bond acceptors (Lipinski definition) is 8. The quantitative estimate of drug-likeness (QED) is 0.242. The standard InChI is InChI=1S/C29H34N4O4S/c1-36-27-19-26-25(18-23(27)10-6-7-15-31-16-17-38(2,34)35)28(30)33-29(32-26)22-11-13-24(14-12-22)37-20-21-8-4-3-5-9-21/h3-5,8-9,11-14,18-19,31H,6-7,10,15-17,20H2,1-2H3,(H2,30,32,33). The van der Waals surface area contributed by atoms with E-state index in [0.29, 0.717) is 24.8 Å². The summed E-state index contributed by atoms with van der Waals surface area (Å²) in [6, 6.07) is 21.6. The Morgan fingerprint density at radius 3 is 2.42 bits per heavy atom. The van der Waals surface area contributed by atoms with Crippen molar-refractivity contribution >= 4 is 26.6 Å². The average molecular weight is 535 g/mol. The van der Waals surface area contributed by atoms with E-state index in [9.17, 15) is 8.42 Å². The predicted octanol–water partition coefficient (Wildman–Crippen LogP) is 4.42. The number of aryl methyl sites for hydroxylation is 1. The third kappa shape index (κ3) is 7.66. The van der Waals surface area contributed by atoms with Crippen LogP contribution in [-0.2, 0) is 22.9 Å². The largest absolute Gasteiger partial charge is 0.496 e. The number of nitrogens with one attached hydrogen (secondary N) is 1. The van der Waals surface area contributed by atoms with Crippen molar-refractivity contribution in [3.63, 3.8) is 0 Å². The van der Waals surface area contributed by atoms with Gasteiger partial charge < -0.3 is 20.5 Å². The van der Waals surface area contributed by atoms with Gasteiger partial charge in [0.2, 0.25) is 0 Å². The molecule has 0 saturated carbocycles. The molecule has 38 heavy (non-hydrogen) atoms. The summed E-state index contributed by atoms with van der Waals surface area (Å²) in [5.74, 6) is 2.64. The molecule has 4 aromatic rings. The Kier molecular flexibility index (Phi) is 9.15. The van der Waals surface area contributed by atoms with E-state index in [0.717, 1.165) is 64.9 Å². The van der Waals surface area contributed by atoms with Crippen LogP contribution in [0.3, 0.4) is 0 Å². The maximum Gasteiger partial charge on any atom is 0.162 e. The summed E-state index contributed by atoms with van der Waals surface area (Å²) in [7, 11) is -1.29. The van der Waals surface area contributed by atoms with Gasteiger partial charge in [0.05, 0.1) is 18.4 Å². The van der Waals surface area contributed by atoms with E-state index in [2.05, 4.69) is 10.3 Å². The van der Waals surface area contributed by atoms with Crippen molar-refractivity contribution < 1.29 is 17.9 Å². The van der Waals surface area contributed by atoms with Gasteiger partial charge in [-0.25, -0.2) is 18.4 Å². The number of rotatable bonds is 13. The summed E-state index contributed by atoms with van der Waals surface area (Å²) in [6.45, 7) is 1.73. The minimum absolute atomic E-state index is 0.152. The van der Waals surface area contributed by atoms with Gasteiger partial charge in [-0.1, -0.05) is 30.3 Å². The minimum atomic E-state index is -2.94. The fourth-order valence-corrected chi connectivity index (χ4v) is 4.64. The molecule has 8 nitrogen and oxygen atoms in total. The number of fused-ring (bicyclic) bond motifs is 1. The van der Waals surface area contributed by atoms with Crippen LogP contribution in [0.2, 0.25) is 0 Å². The molecule has 0 saturated heterocycles. The van der Waals surface area contributed by atoms with E-state index in [1.165, 1.54) is 6.26 Å². The highest BCUT2D eigenvalue weighted by molar-refractivity contribution is 7.90. The topological polar surface area (TPSA) is 116 Å². The lowest BCUT2D eigenvalue weighted by atomic mass is 10.0. The summed E-state index contributed by atoms with van der Waals surface area (Å²) in [6.07, 6.45) is 3.89. The van der Waals surface area contributed by atoms with Crippen LogP contribution in [0.4, 0.5) is 5.82 Å². The SMILES string of the molecule is COc1cc2nc(-c3ccc(OCc4ccccc4)cc3)nc(N)c2cc1CCCCNCCS(C)(=O)=O.